The van der Waals surface area contributed by atoms with Gasteiger partial charge in [-0.15, -0.1) is 0 Å². The summed E-state index contributed by atoms with van der Waals surface area (Å²) in [5.74, 6) is -0.251. The molecule has 1 saturated heterocycles. The molecule has 2 aromatic carbocycles. The molecule has 0 atom stereocenters. The predicted molar refractivity (Wildman–Crippen MR) is 106 cm³/mol. The highest BCUT2D eigenvalue weighted by atomic mass is 32.2. The van der Waals surface area contributed by atoms with Crippen LogP contribution in [-0.4, -0.2) is 56.8 Å². The van der Waals surface area contributed by atoms with Crippen molar-refractivity contribution in [3.05, 3.63) is 59.7 Å². The van der Waals surface area contributed by atoms with Crippen molar-refractivity contribution in [2.75, 3.05) is 38.5 Å². The highest BCUT2D eigenvalue weighted by Crippen LogP contribution is 2.20. The van der Waals surface area contributed by atoms with E-state index in [4.69, 9.17) is 0 Å². The van der Waals surface area contributed by atoms with Gasteiger partial charge in [0.25, 0.3) is 5.91 Å². The summed E-state index contributed by atoms with van der Waals surface area (Å²) in [5, 5.41) is 2.90. The largest absolute Gasteiger partial charge is 0.322 e. The maximum absolute atomic E-state index is 12.8. The Morgan fingerprint density at radius 3 is 2.26 bits per heavy atom. The first-order valence-electron chi connectivity index (χ1n) is 9.10. The zero-order chi connectivity index (χ0) is 19.4. The number of amides is 1. The molecule has 27 heavy (non-hydrogen) atoms. The summed E-state index contributed by atoms with van der Waals surface area (Å²) in [6, 6.07) is 13.8. The number of aryl methyl sites for hydroxylation is 1. The number of para-hydroxylation sites is 1. The van der Waals surface area contributed by atoms with Crippen LogP contribution in [0, 0.1) is 0 Å². The molecule has 3 rings (SSSR count). The molecule has 1 amide bonds. The van der Waals surface area contributed by atoms with E-state index in [9.17, 15) is 13.2 Å². The van der Waals surface area contributed by atoms with Crippen LogP contribution < -0.4 is 5.32 Å². The van der Waals surface area contributed by atoms with Crippen molar-refractivity contribution in [2.24, 2.45) is 0 Å². The minimum atomic E-state index is -3.52. The lowest BCUT2D eigenvalue weighted by Crippen LogP contribution is -2.47. The van der Waals surface area contributed by atoms with Gasteiger partial charge in [0, 0.05) is 37.4 Å². The number of benzene rings is 2. The zero-order valence-electron chi connectivity index (χ0n) is 15.7. The van der Waals surface area contributed by atoms with E-state index >= 15 is 0 Å². The molecule has 1 N–H and O–H groups in total. The van der Waals surface area contributed by atoms with Crippen LogP contribution in [0.3, 0.4) is 0 Å². The van der Waals surface area contributed by atoms with Crippen molar-refractivity contribution in [2.45, 2.75) is 18.2 Å². The van der Waals surface area contributed by atoms with Gasteiger partial charge in [-0.3, -0.25) is 4.79 Å². The fourth-order valence-electron chi connectivity index (χ4n) is 3.10. The SMILES string of the molecule is CCc1ccccc1NC(=O)c1ccc(S(=O)(=O)N2CCN(C)CC2)cc1. The normalized spacial score (nSPS) is 16.2. The molecule has 144 valence electrons. The Kier molecular flexibility index (Phi) is 5.94. The number of nitrogens with one attached hydrogen (secondary N) is 1. The predicted octanol–water partition coefficient (Wildman–Crippen LogP) is 2.44. The first-order valence-corrected chi connectivity index (χ1v) is 10.5. The molecule has 1 aliphatic rings. The Hall–Kier alpha value is -2.22. The average molecular weight is 388 g/mol. The number of hydrogen-bond donors (Lipinski definition) is 1. The molecule has 0 bridgehead atoms. The summed E-state index contributed by atoms with van der Waals surface area (Å²) in [6.07, 6.45) is 0.818. The first-order chi connectivity index (χ1) is 12.9. The third kappa shape index (κ3) is 4.37. The second-order valence-corrected chi connectivity index (χ2v) is 8.63. The zero-order valence-corrected chi connectivity index (χ0v) is 16.5. The number of carbonyl (C=O) groups excluding carboxylic acids is 1. The van der Waals surface area contributed by atoms with Crippen LogP contribution in [-0.2, 0) is 16.4 Å². The molecule has 1 fully saturated rings. The number of anilines is 1. The molecule has 0 spiro atoms. The molecule has 1 heterocycles. The Morgan fingerprint density at radius 1 is 1.00 bits per heavy atom. The third-order valence-electron chi connectivity index (χ3n) is 4.86. The minimum Gasteiger partial charge on any atom is -0.322 e. The van der Waals surface area contributed by atoms with Crippen LogP contribution in [0.4, 0.5) is 5.69 Å². The van der Waals surface area contributed by atoms with E-state index in [1.54, 1.807) is 12.1 Å². The minimum absolute atomic E-state index is 0.220. The standard InChI is InChI=1S/C20H25N3O3S/c1-3-16-6-4-5-7-19(16)21-20(24)17-8-10-18(11-9-17)27(25,26)23-14-12-22(2)13-15-23/h4-11H,3,12-15H2,1-2H3,(H,21,24). The number of carbonyl (C=O) groups is 1. The average Bonchev–Trinajstić information content (AvgIpc) is 2.69. The van der Waals surface area contributed by atoms with Crippen molar-refractivity contribution in [3.8, 4) is 0 Å². The summed E-state index contributed by atoms with van der Waals surface area (Å²) in [6.45, 7) is 4.43. The van der Waals surface area contributed by atoms with Gasteiger partial charge in [-0.1, -0.05) is 25.1 Å². The maximum atomic E-state index is 12.8. The Labute approximate surface area is 160 Å². The van der Waals surface area contributed by atoms with E-state index in [1.165, 1.54) is 16.4 Å². The van der Waals surface area contributed by atoms with E-state index < -0.39 is 10.0 Å². The molecule has 7 heteroatoms. The summed E-state index contributed by atoms with van der Waals surface area (Å²) in [5.41, 5.74) is 2.26. The van der Waals surface area contributed by atoms with Gasteiger partial charge in [0.1, 0.15) is 0 Å². The van der Waals surface area contributed by atoms with E-state index in [1.807, 2.05) is 38.2 Å². The molecule has 0 saturated carbocycles. The number of sulfonamides is 1. The van der Waals surface area contributed by atoms with Gasteiger partial charge in [0.2, 0.25) is 10.0 Å². The van der Waals surface area contributed by atoms with Crippen molar-refractivity contribution in [1.29, 1.82) is 0 Å². The van der Waals surface area contributed by atoms with Gasteiger partial charge in [0.15, 0.2) is 0 Å². The Bertz CT molecular complexity index is 902. The summed E-state index contributed by atoms with van der Waals surface area (Å²) >= 11 is 0. The van der Waals surface area contributed by atoms with Gasteiger partial charge >= 0.3 is 0 Å². The van der Waals surface area contributed by atoms with Crippen LogP contribution >= 0.6 is 0 Å². The van der Waals surface area contributed by atoms with Crippen molar-refractivity contribution in [3.63, 3.8) is 0 Å². The lowest BCUT2D eigenvalue weighted by molar-refractivity contribution is 0.102. The van der Waals surface area contributed by atoms with E-state index in [0.717, 1.165) is 30.8 Å². The van der Waals surface area contributed by atoms with Crippen molar-refractivity contribution < 1.29 is 13.2 Å². The smallest absolute Gasteiger partial charge is 0.255 e. The summed E-state index contributed by atoms with van der Waals surface area (Å²) < 4.78 is 27.0. The van der Waals surface area contributed by atoms with Crippen LogP contribution in [0.1, 0.15) is 22.8 Å². The fourth-order valence-corrected chi connectivity index (χ4v) is 4.52. The molecule has 1 aliphatic heterocycles. The molecule has 2 aromatic rings. The number of hydrogen-bond acceptors (Lipinski definition) is 4. The van der Waals surface area contributed by atoms with Gasteiger partial charge in [0.05, 0.1) is 4.90 Å². The first kappa shape index (κ1) is 19.5. The maximum Gasteiger partial charge on any atom is 0.255 e. The lowest BCUT2D eigenvalue weighted by Gasteiger charge is -2.31. The highest BCUT2D eigenvalue weighted by Gasteiger charge is 2.27. The van der Waals surface area contributed by atoms with E-state index in [-0.39, 0.29) is 10.8 Å². The molecule has 0 radical (unpaired) electrons. The molecule has 0 unspecified atom stereocenters. The number of likely N-dealkylation sites (N-methyl/N-ethyl adjacent to an activating group) is 1. The molecule has 0 aromatic heterocycles. The van der Waals surface area contributed by atoms with Gasteiger partial charge in [-0.25, -0.2) is 8.42 Å². The Morgan fingerprint density at radius 2 is 1.63 bits per heavy atom. The van der Waals surface area contributed by atoms with Crippen molar-refractivity contribution >= 4 is 21.6 Å². The third-order valence-corrected chi connectivity index (χ3v) is 6.78. The van der Waals surface area contributed by atoms with Crippen LogP contribution in [0.15, 0.2) is 53.4 Å². The van der Waals surface area contributed by atoms with Gasteiger partial charge < -0.3 is 10.2 Å². The second kappa shape index (κ2) is 8.21. The topological polar surface area (TPSA) is 69.7 Å². The van der Waals surface area contributed by atoms with E-state index in [2.05, 4.69) is 10.2 Å². The number of rotatable bonds is 5. The fraction of sp³-hybridized carbons (Fsp3) is 0.350. The second-order valence-electron chi connectivity index (χ2n) is 6.70. The van der Waals surface area contributed by atoms with Crippen LogP contribution in [0.2, 0.25) is 0 Å². The van der Waals surface area contributed by atoms with E-state index in [0.29, 0.717) is 18.7 Å². The Balaban J connectivity index is 1.74. The van der Waals surface area contributed by atoms with Crippen LogP contribution in [0.25, 0.3) is 0 Å². The monoisotopic (exact) mass is 387 g/mol. The van der Waals surface area contributed by atoms with Crippen molar-refractivity contribution in [1.82, 2.24) is 9.21 Å². The number of piperazine rings is 1. The quantitative estimate of drug-likeness (QED) is 0.856. The molecular weight excluding hydrogens is 362 g/mol. The molecular formula is C20H25N3O3S. The number of nitrogens with zero attached hydrogens (tertiary/aromatic N) is 2. The molecule has 6 nitrogen and oxygen atoms in total. The van der Waals surface area contributed by atoms with Gasteiger partial charge in [-0.2, -0.15) is 4.31 Å². The lowest BCUT2D eigenvalue weighted by atomic mass is 10.1. The summed E-state index contributed by atoms with van der Waals surface area (Å²) in [4.78, 5) is 14.8. The summed E-state index contributed by atoms with van der Waals surface area (Å²) in [7, 11) is -1.54. The van der Waals surface area contributed by atoms with Gasteiger partial charge in [-0.05, 0) is 49.4 Å². The van der Waals surface area contributed by atoms with Crippen LogP contribution in [0.5, 0.6) is 0 Å². The molecule has 0 aliphatic carbocycles. The highest BCUT2D eigenvalue weighted by molar-refractivity contribution is 7.89.